The van der Waals surface area contributed by atoms with Crippen molar-refractivity contribution in [3.05, 3.63) is 95.6 Å². The summed E-state index contributed by atoms with van der Waals surface area (Å²) in [5.41, 5.74) is 2.33. The maximum atomic E-state index is 13.1. The molecule has 3 aromatic rings. The summed E-state index contributed by atoms with van der Waals surface area (Å²) < 4.78 is 16.7. The van der Waals surface area contributed by atoms with Gasteiger partial charge in [0.15, 0.2) is 17.3 Å². The molecule has 0 aliphatic rings. The first-order valence-electron chi connectivity index (χ1n) is 8.69. The van der Waals surface area contributed by atoms with Crippen molar-refractivity contribution in [3.63, 3.8) is 0 Å². The highest BCUT2D eigenvalue weighted by Crippen LogP contribution is 2.33. The number of benzene rings is 3. The molecule has 0 aromatic heterocycles. The summed E-state index contributed by atoms with van der Waals surface area (Å²) in [5, 5.41) is 0. The maximum Gasteiger partial charge on any atom is 0.196 e. The van der Waals surface area contributed by atoms with Crippen LogP contribution in [0.3, 0.4) is 0 Å². The number of methoxy groups -OCH3 is 2. The molecule has 0 N–H and O–H groups in total. The van der Waals surface area contributed by atoms with Crippen LogP contribution in [0.2, 0.25) is 0 Å². The van der Waals surface area contributed by atoms with E-state index in [0.29, 0.717) is 23.7 Å². The number of carbonyl (C=O) groups excluding carboxylic acids is 1. The zero-order valence-electron chi connectivity index (χ0n) is 15.4. The van der Waals surface area contributed by atoms with Gasteiger partial charge >= 0.3 is 0 Å². The molecule has 0 radical (unpaired) electrons. The molecule has 0 saturated carbocycles. The van der Waals surface area contributed by atoms with E-state index in [0.717, 1.165) is 11.1 Å². The van der Waals surface area contributed by atoms with E-state index in [2.05, 4.69) is 0 Å². The molecule has 0 aliphatic heterocycles. The van der Waals surface area contributed by atoms with Crippen LogP contribution in [0.25, 0.3) is 0 Å². The third-order valence-corrected chi connectivity index (χ3v) is 4.27. The van der Waals surface area contributed by atoms with Crippen molar-refractivity contribution >= 4 is 5.78 Å². The molecule has 0 amide bonds. The highest BCUT2D eigenvalue weighted by molar-refractivity contribution is 6.00. The van der Waals surface area contributed by atoms with Crippen LogP contribution in [-0.2, 0) is 11.3 Å². The Kier molecular flexibility index (Phi) is 6.23. The Balaban J connectivity index is 1.92. The van der Waals surface area contributed by atoms with Gasteiger partial charge in [0, 0.05) is 5.56 Å². The van der Waals surface area contributed by atoms with E-state index in [4.69, 9.17) is 14.2 Å². The Labute approximate surface area is 159 Å². The van der Waals surface area contributed by atoms with Crippen LogP contribution in [0, 0.1) is 0 Å². The van der Waals surface area contributed by atoms with Crippen molar-refractivity contribution in [2.24, 2.45) is 0 Å². The number of hydrogen-bond donors (Lipinski definition) is 0. The summed E-state index contributed by atoms with van der Waals surface area (Å²) in [6, 6.07) is 24.3. The van der Waals surface area contributed by atoms with Gasteiger partial charge in [0.1, 0.15) is 6.10 Å². The Hall–Kier alpha value is -3.11. The topological polar surface area (TPSA) is 44.8 Å². The van der Waals surface area contributed by atoms with Gasteiger partial charge in [-0.2, -0.15) is 0 Å². The van der Waals surface area contributed by atoms with Crippen molar-refractivity contribution in [3.8, 4) is 11.5 Å². The predicted molar refractivity (Wildman–Crippen MR) is 104 cm³/mol. The van der Waals surface area contributed by atoms with E-state index < -0.39 is 6.10 Å². The Morgan fingerprint density at radius 3 is 2.07 bits per heavy atom. The average molecular weight is 362 g/mol. The molecule has 0 saturated heterocycles. The van der Waals surface area contributed by atoms with Gasteiger partial charge in [-0.3, -0.25) is 4.79 Å². The third-order valence-electron chi connectivity index (χ3n) is 4.27. The molecule has 138 valence electrons. The lowest BCUT2D eigenvalue weighted by Gasteiger charge is -2.19. The fourth-order valence-electron chi connectivity index (χ4n) is 2.85. The molecule has 1 atom stereocenters. The fourth-order valence-corrected chi connectivity index (χ4v) is 2.85. The third kappa shape index (κ3) is 4.54. The Morgan fingerprint density at radius 2 is 1.44 bits per heavy atom. The van der Waals surface area contributed by atoms with Gasteiger partial charge in [-0.15, -0.1) is 0 Å². The maximum absolute atomic E-state index is 13.1. The van der Waals surface area contributed by atoms with Crippen LogP contribution >= 0.6 is 0 Å². The highest BCUT2D eigenvalue weighted by Gasteiger charge is 2.24. The lowest BCUT2D eigenvalue weighted by Crippen LogP contribution is -2.16. The van der Waals surface area contributed by atoms with Crippen molar-refractivity contribution < 1.29 is 19.0 Å². The van der Waals surface area contributed by atoms with Crippen LogP contribution < -0.4 is 9.47 Å². The monoisotopic (exact) mass is 362 g/mol. The molecule has 0 spiro atoms. The van der Waals surface area contributed by atoms with Gasteiger partial charge in [0.05, 0.1) is 20.8 Å². The van der Waals surface area contributed by atoms with E-state index in [9.17, 15) is 4.79 Å². The molecule has 1 unspecified atom stereocenters. The van der Waals surface area contributed by atoms with Crippen molar-refractivity contribution in [1.29, 1.82) is 0 Å². The quantitative estimate of drug-likeness (QED) is 0.538. The van der Waals surface area contributed by atoms with Gasteiger partial charge in [-0.25, -0.2) is 0 Å². The van der Waals surface area contributed by atoms with Crippen LogP contribution in [0.1, 0.15) is 27.6 Å². The number of carbonyl (C=O) groups is 1. The van der Waals surface area contributed by atoms with Crippen molar-refractivity contribution in [1.82, 2.24) is 0 Å². The van der Waals surface area contributed by atoms with Gasteiger partial charge in [0.25, 0.3) is 0 Å². The molecule has 3 aromatic carbocycles. The zero-order valence-corrected chi connectivity index (χ0v) is 15.4. The molecular weight excluding hydrogens is 340 g/mol. The SMILES string of the molecule is COc1ccc(C(OCc2ccccc2)C(=O)c2ccccc2)cc1OC. The largest absolute Gasteiger partial charge is 0.493 e. The number of ether oxygens (including phenoxy) is 3. The van der Waals surface area contributed by atoms with Crippen molar-refractivity contribution in [2.75, 3.05) is 14.2 Å². The number of ketones is 1. The molecule has 0 heterocycles. The molecule has 4 heteroatoms. The fraction of sp³-hybridized carbons (Fsp3) is 0.174. The van der Waals surface area contributed by atoms with Gasteiger partial charge in [0.2, 0.25) is 0 Å². The molecule has 0 bridgehead atoms. The van der Waals surface area contributed by atoms with Crippen LogP contribution in [0.15, 0.2) is 78.9 Å². The Bertz CT molecular complexity index is 875. The minimum atomic E-state index is -0.743. The summed E-state index contributed by atoms with van der Waals surface area (Å²) in [4.78, 5) is 13.1. The van der Waals surface area contributed by atoms with Crippen molar-refractivity contribution in [2.45, 2.75) is 12.7 Å². The first-order valence-corrected chi connectivity index (χ1v) is 8.69. The first kappa shape index (κ1) is 18.7. The molecule has 4 nitrogen and oxygen atoms in total. The van der Waals surface area contributed by atoms with E-state index in [1.54, 1.807) is 38.5 Å². The average Bonchev–Trinajstić information content (AvgIpc) is 2.75. The lowest BCUT2D eigenvalue weighted by atomic mass is 9.99. The Morgan fingerprint density at radius 1 is 0.815 bits per heavy atom. The smallest absolute Gasteiger partial charge is 0.196 e. The first-order chi connectivity index (χ1) is 13.2. The highest BCUT2D eigenvalue weighted by atomic mass is 16.5. The van der Waals surface area contributed by atoms with E-state index in [1.807, 2.05) is 54.6 Å². The second kappa shape index (κ2) is 9.01. The molecule has 0 aliphatic carbocycles. The van der Waals surface area contributed by atoms with E-state index >= 15 is 0 Å². The van der Waals surface area contributed by atoms with E-state index in [1.165, 1.54) is 0 Å². The van der Waals surface area contributed by atoms with Gasteiger partial charge in [-0.1, -0.05) is 66.7 Å². The zero-order chi connectivity index (χ0) is 19.1. The summed E-state index contributed by atoms with van der Waals surface area (Å²) in [6.45, 7) is 0.332. The molecule has 0 fully saturated rings. The lowest BCUT2D eigenvalue weighted by molar-refractivity contribution is 0.0333. The molecular formula is C23H22O4. The van der Waals surface area contributed by atoms with Crippen LogP contribution in [0.5, 0.6) is 11.5 Å². The van der Waals surface area contributed by atoms with Gasteiger partial charge in [-0.05, 0) is 23.3 Å². The summed E-state index contributed by atoms with van der Waals surface area (Å²) in [6.07, 6.45) is -0.743. The second-order valence-electron chi connectivity index (χ2n) is 6.02. The van der Waals surface area contributed by atoms with E-state index in [-0.39, 0.29) is 5.78 Å². The summed E-state index contributed by atoms with van der Waals surface area (Å²) >= 11 is 0. The second-order valence-corrected chi connectivity index (χ2v) is 6.02. The number of hydrogen-bond acceptors (Lipinski definition) is 4. The van der Waals surface area contributed by atoms with Crippen LogP contribution in [0.4, 0.5) is 0 Å². The molecule has 3 rings (SSSR count). The summed E-state index contributed by atoms with van der Waals surface area (Å²) in [5.74, 6) is 1.07. The molecule has 27 heavy (non-hydrogen) atoms. The predicted octanol–water partition coefficient (Wildman–Crippen LogP) is 4.84. The number of rotatable bonds is 8. The normalized spacial score (nSPS) is 11.6. The minimum absolute atomic E-state index is 0.0984. The van der Waals surface area contributed by atoms with Gasteiger partial charge < -0.3 is 14.2 Å². The number of Topliss-reactive ketones (excluding diaryl/α,β-unsaturated/α-hetero) is 1. The van der Waals surface area contributed by atoms with Crippen LogP contribution in [-0.4, -0.2) is 20.0 Å². The summed E-state index contributed by atoms with van der Waals surface area (Å²) in [7, 11) is 3.15. The standard InChI is InChI=1S/C23H22O4/c1-25-20-14-13-19(15-21(20)26-2)23(22(24)18-11-7-4-8-12-18)27-16-17-9-5-3-6-10-17/h3-15,23H,16H2,1-2H3. The minimum Gasteiger partial charge on any atom is -0.493 e.